The van der Waals surface area contributed by atoms with Crippen molar-refractivity contribution in [1.82, 2.24) is 0 Å². The third-order valence-electron chi connectivity index (χ3n) is 4.51. The molecular formula is C18H34N4S2. The molecule has 1 aromatic rings. The van der Waals surface area contributed by atoms with Gasteiger partial charge in [-0.25, -0.2) is 0 Å². The van der Waals surface area contributed by atoms with E-state index in [4.69, 9.17) is 22.9 Å². The minimum atomic E-state index is 0.0262. The lowest BCUT2D eigenvalue weighted by molar-refractivity contribution is 0.402. The number of hydrogen-bond acceptors (Lipinski definition) is 6. The van der Waals surface area contributed by atoms with E-state index in [2.05, 4.69) is 38.1 Å². The Labute approximate surface area is 155 Å². The highest BCUT2D eigenvalue weighted by Crippen LogP contribution is 2.28. The smallest absolute Gasteiger partial charge is 0.0187 e. The summed E-state index contributed by atoms with van der Waals surface area (Å²) in [5.41, 5.74) is 26.2. The van der Waals surface area contributed by atoms with Crippen LogP contribution in [0, 0.1) is 10.8 Å². The third-order valence-corrected chi connectivity index (χ3v) is 7.34. The molecule has 0 fully saturated rings. The Morgan fingerprint density at radius 3 is 1.33 bits per heavy atom. The first kappa shape index (κ1) is 21.8. The van der Waals surface area contributed by atoms with Gasteiger partial charge in [0.2, 0.25) is 0 Å². The molecule has 4 nitrogen and oxygen atoms in total. The van der Waals surface area contributed by atoms with E-state index in [0.717, 1.165) is 23.0 Å². The summed E-state index contributed by atoms with van der Waals surface area (Å²) in [4.78, 5) is 0. The van der Waals surface area contributed by atoms with Crippen LogP contribution in [0.25, 0.3) is 0 Å². The molecule has 8 N–H and O–H groups in total. The van der Waals surface area contributed by atoms with Gasteiger partial charge in [0.05, 0.1) is 0 Å². The number of nitrogens with two attached hydrogens (primary N) is 4. The summed E-state index contributed by atoms with van der Waals surface area (Å²) in [6, 6.07) is 8.66. The second kappa shape index (κ2) is 10.7. The van der Waals surface area contributed by atoms with Gasteiger partial charge >= 0.3 is 0 Å². The second-order valence-electron chi connectivity index (χ2n) is 7.19. The summed E-state index contributed by atoms with van der Waals surface area (Å²) in [6.07, 6.45) is 0. The fraction of sp³-hybridized carbons (Fsp3) is 0.667. The summed E-state index contributed by atoms with van der Waals surface area (Å²) >= 11 is 3.83. The number of rotatable bonds is 12. The van der Waals surface area contributed by atoms with Crippen molar-refractivity contribution in [3.05, 3.63) is 35.4 Å². The maximum atomic E-state index is 5.84. The van der Waals surface area contributed by atoms with Crippen LogP contribution in [0.2, 0.25) is 0 Å². The minimum absolute atomic E-state index is 0.0262. The largest absolute Gasteiger partial charge is 0.330 e. The molecule has 0 atom stereocenters. The normalized spacial score (nSPS) is 12.6. The molecule has 6 heteroatoms. The summed E-state index contributed by atoms with van der Waals surface area (Å²) < 4.78 is 0. The highest BCUT2D eigenvalue weighted by Gasteiger charge is 2.21. The Bertz CT molecular complexity index is 431. The van der Waals surface area contributed by atoms with E-state index >= 15 is 0 Å². The summed E-state index contributed by atoms with van der Waals surface area (Å²) in [7, 11) is 0. The fourth-order valence-electron chi connectivity index (χ4n) is 2.06. The van der Waals surface area contributed by atoms with Crippen molar-refractivity contribution in [3.63, 3.8) is 0 Å². The Morgan fingerprint density at radius 1 is 0.708 bits per heavy atom. The molecule has 0 radical (unpaired) electrons. The Kier molecular flexibility index (Phi) is 9.71. The topological polar surface area (TPSA) is 104 Å². The van der Waals surface area contributed by atoms with Crippen LogP contribution < -0.4 is 22.9 Å². The minimum Gasteiger partial charge on any atom is -0.330 e. The SMILES string of the molecule is CC(CN)(CN)CSCc1ccccc1CSCC(C)(CN)CN. The van der Waals surface area contributed by atoms with Gasteiger partial charge in [-0.1, -0.05) is 38.1 Å². The molecule has 138 valence electrons. The summed E-state index contributed by atoms with van der Waals surface area (Å²) in [5, 5.41) is 0. The lowest BCUT2D eigenvalue weighted by Gasteiger charge is -2.26. The molecule has 0 heterocycles. The van der Waals surface area contributed by atoms with Crippen LogP contribution in [0.1, 0.15) is 25.0 Å². The van der Waals surface area contributed by atoms with E-state index in [1.54, 1.807) is 0 Å². The number of thioether (sulfide) groups is 2. The van der Waals surface area contributed by atoms with Crippen molar-refractivity contribution in [2.24, 2.45) is 33.8 Å². The monoisotopic (exact) mass is 370 g/mol. The Morgan fingerprint density at radius 2 is 1.04 bits per heavy atom. The van der Waals surface area contributed by atoms with Gasteiger partial charge < -0.3 is 22.9 Å². The van der Waals surface area contributed by atoms with Crippen LogP contribution in [-0.4, -0.2) is 37.7 Å². The molecule has 0 aliphatic carbocycles. The maximum absolute atomic E-state index is 5.84. The zero-order valence-electron chi connectivity index (χ0n) is 15.1. The van der Waals surface area contributed by atoms with Gasteiger partial charge in [-0.2, -0.15) is 23.5 Å². The highest BCUT2D eigenvalue weighted by atomic mass is 32.2. The quantitative estimate of drug-likeness (QED) is 0.449. The first-order chi connectivity index (χ1) is 11.4. The molecule has 0 amide bonds. The molecule has 1 aromatic carbocycles. The predicted octanol–water partition coefficient (Wildman–Crippen LogP) is 2.00. The van der Waals surface area contributed by atoms with E-state index in [1.165, 1.54) is 11.1 Å². The van der Waals surface area contributed by atoms with Crippen LogP contribution in [0.5, 0.6) is 0 Å². The van der Waals surface area contributed by atoms with Crippen LogP contribution in [0.15, 0.2) is 24.3 Å². The van der Waals surface area contributed by atoms with Gasteiger partial charge in [-0.15, -0.1) is 0 Å². The van der Waals surface area contributed by atoms with Crippen LogP contribution in [-0.2, 0) is 11.5 Å². The first-order valence-corrected chi connectivity index (χ1v) is 10.8. The maximum Gasteiger partial charge on any atom is 0.0187 e. The Hall–Kier alpha value is -0.240. The van der Waals surface area contributed by atoms with Gasteiger partial charge in [0.25, 0.3) is 0 Å². The fourth-order valence-corrected chi connectivity index (χ4v) is 4.72. The van der Waals surface area contributed by atoms with Crippen molar-refractivity contribution in [2.75, 3.05) is 37.7 Å². The average molecular weight is 371 g/mol. The third kappa shape index (κ3) is 6.94. The molecular weight excluding hydrogens is 336 g/mol. The number of benzene rings is 1. The van der Waals surface area contributed by atoms with Gasteiger partial charge in [0, 0.05) is 33.8 Å². The highest BCUT2D eigenvalue weighted by molar-refractivity contribution is 7.98. The average Bonchev–Trinajstić information content (AvgIpc) is 2.62. The van der Waals surface area contributed by atoms with Crippen LogP contribution in [0.3, 0.4) is 0 Å². The van der Waals surface area contributed by atoms with E-state index in [9.17, 15) is 0 Å². The zero-order chi connectivity index (χ0) is 18.1. The first-order valence-electron chi connectivity index (χ1n) is 8.44. The molecule has 0 aliphatic heterocycles. The van der Waals surface area contributed by atoms with Gasteiger partial charge in [0.1, 0.15) is 0 Å². The molecule has 0 bridgehead atoms. The standard InChI is InChI=1S/C18H34N4S2/c1-17(9-19,10-20)13-23-7-15-5-3-4-6-16(15)8-24-14-18(2,11-21)12-22/h3-6H,7-14,19-22H2,1-2H3. The second-order valence-corrected chi connectivity index (χ2v) is 9.16. The van der Waals surface area contributed by atoms with Crippen molar-refractivity contribution >= 4 is 23.5 Å². The molecule has 0 unspecified atom stereocenters. The van der Waals surface area contributed by atoms with Gasteiger partial charge in [-0.05, 0) is 37.3 Å². The Balaban J connectivity index is 2.56. The molecule has 0 saturated carbocycles. The van der Waals surface area contributed by atoms with Crippen molar-refractivity contribution in [3.8, 4) is 0 Å². The summed E-state index contributed by atoms with van der Waals surface area (Å²) in [6.45, 7) is 6.83. The lowest BCUT2D eigenvalue weighted by atomic mass is 9.94. The van der Waals surface area contributed by atoms with Crippen LogP contribution >= 0.6 is 23.5 Å². The van der Waals surface area contributed by atoms with E-state index in [-0.39, 0.29) is 10.8 Å². The summed E-state index contributed by atoms with van der Waals surface area (Å²) in [5.74, 6) is 3.97. The molecule has 24 heavy (non-hydrogen) atoms. The zero-order valence-corrected chi connectivity index (χ0v) is 16.7. The number of hydrogen-bond donors (Lipinski definition) is 4. The molecule has 0 saturated heterocycles. The molecule has 0 aromatic heterocycles. The molecule has 1 rings (SSSR count). The van der Waals surface area contributed by atoms with E-state index < -0.39 is 0 Å². The lowest BCUT2D eigenvalue weighted by Crippen LogP contribution is -2.37. The molecule has 0 aliphatic rings. The van der Waals surface area contributed by atoms with Gasteiger partial charge in [0.15, 0.2) is 0 Å². The van der Waals surface area contributed by atoms with Crippen LogP contribution in [0.4, 0.5) is 0 Å². The van der Waals surface area contributed by atoms with E-state index in [0.29, 0.717) is 26.2 Å². The molecule has 0 spiro atoms. The van der Waals surface area contributed by atoms with Crippen molar-refractivity contribution in [2.45, 2.75) is 25.4 Å². The predicted molar refractivity (Wildman–Crippen MR) is 111 cm³/mol. The van der Waals surface area contributed by atoms with E-state index in [1.807, 2.05) is 23.5 Å². The van der Waals surface area contributed by atoms with Crippen molar-refractivity contribution < 1.29 is 0 Å². The van der Waals surface area contributed by atoms with Crippen molar-refractivity contribution in [1.29, 1.82) is 0 Å². The van der Waals surface area contributed by atoms with Gasteiger partial charge in [-0.3, -0.25) is 0 Å².